The number of amides is 1. The van der Waals surface area contributed by atoms with E-state index in [0.29, 0.717) is 24.4 Å². The second kappa shape index (κ2) is 8.04. The molecule has 0 bridgehead atoms. The second-order valence-corrected chi connectivity index (χ2v) is 6.75. The highest BCUT2D eigenvalue weighted by Crippen LogP contribution is 2.29. The van der Waals surface area contributed by atoms with Crippen molar-refractivity contribution < 1.29 is 23.8 Å². The third-order valence-corrected chi connectivity index (χ3v) is 3.57. The van der Waals surface area contributed by atoms with Gasteiger partial charge in [-0.25, -0.2) is 14.6 Å². The van der Waals surface area contributed by atoms with E-state index in [4.69, 9.17) is 19.5 Å². The lowest BCUT2D eigenvalue weighted by Gasteiger charge is -2.31. The van der Waals surface area contributed by atoms with Crippen LogP contribution in [0.4, 0.5) is 4.79 Å². The van der Waals surface area contributed by atoms with Crippen LogP contribution in [-0.2, 0) is 22.4 Å². The highest BCUT2D eigenvalue weighted by Gasteiger charge is 2.29. The van der Waals surface area contributed by atoms with E-state index in [1.807, 2.05) is 6.07 Å². The molecule has 0 aromatic carbocycles. The van der Waals surface area contributed by atoms with Crippen molar-refractivity contribution in [1.82, 2.24) is 9.88 Å². The largest absolute Gasteiger partial charge is 0.478 e. The third kappa shape index (κ3) is 4.85. The van der Waals surface area contributed by atoms with Gasteiger partial charge in [0, 0.05) is 18.2 Å². The maximum Gasteiger partial charge on any atom is 0.410 e. The highest BCUT2D eigenvalue weighted by atomic mass is 16.6. The van der Waals surface area contributed by atoms with E-state index in [-0.39, 0.29) is 25.5 Å². The lowest BCUT2D eigenvalue weighted by Crippen LogP contribution is -2.40. The number of rotatable bonds is 4. The van der Waals surface area contributed by atoms with E-state index in [1.165, 1.54) is 11.0 Å². The maximum absolute atomic E-state index is 12.3. The van der Waals surface area contributed by atoms with E-state index in [0.717, 1.165) is 5.56 Å². The first-order valence-corrected chi connectivity index (χ1v) is 8.42. The Balaban J connectivity index is 2.31. The summed E-state index contributed by atoms with van der Waals surface area (Å²) >= 11 is 0. The fourth-order valence-corrected chi connectivity index (χ4v) is 2.53. The summed E-state index contributed by atoms with van der Waals surface area (Å²) in [5, 5.41) is 8.77. The Hall–Kier alpha value is -2.82. The molecule has 0 spiro atoms. The first-order valence-electron chi connectivity index (χ1n) is 8.42. The van der Waals surface area contributed by atoms with Gasteiger partial charge in [0.15, 0.2) is 12.3 Å². The molecular weight excluding hydrogens is 338 g/mol. The van der Waals surface area contributed by atoms with Crippen LogP contribution in [0.3, 0.4) is 0 Å². The van der Waals surface area contributed by atoms with Gasteiger partial charge in [-0.3, -0.25) is 0 Å². The highest BCUT2D eigenvalue weighted by molar-refractivity contribution is 5.88. The summed E-state index contributed by atoms with van der Waals surface area (Å²) in [4.78, 5) is 30.2. The molecule has 1 aliphatic rings. The number of ether oxygens (including phenoxy) is 3. The first kappa shape index (κ1) is 19.5. The normalized spacial score (nSPS) is 13.4. The predicted octanol–water partition coefficient (Wildman–Crippen LogP) is 2.45. The molecule has 8 heteroatoms. The summed E-state index contributed by atoms with van der Waals surface area (Å²) in [6.07, 6.45) is 0.0526. The van der Waals surface area contributed by atoms with Crippen LogP contribution in [0.25, 0.3) is 0 Å². The van der Waals surface area contributed by atoms with Gasteiger partial charge in [-0.15, -0.1) is 0 Å². The SMILES string of the molecule is CCOC(=O)c1cc(OCC#N)c2c(n1)CN(C(=O)OC(C)(C)C)CC2. The van der Waals surface area contributed by atoms with Gasteiger partial charge >= 0.3 is 12.1 Å². The quantitative estimate of drug-likeness (QED) is 0.759. The molecule has 2 heterocycles. The monoisotopic (exact) mass is 361 g/mol. The molecule has 0 radical (unpaired) electrons. The molecule has 1 aromatic rings. The number of carbonyl (C=O) groups excluding carboxylic acids is 2. The van der Waals surface area contributed by atoms with Crippen molar-refractivity contribution >= 4 is 12.1 Å². The van der Waals surface area contributed by atoms with Crippen LogP contribution in [0.1, 0.15) is 49.4 Å². The lowest BCUT2D eigenvalue weighted by atomic mass is 10.0. The molecule has 0 unspecified atom stereocenters. The first-order chi connectivity index (χ1) is 12.2. The van der Waals surface area contributed by atoms with Crippen LogP contribution in [0.5, 0.6) is 5.75 Å². The van der Waals surface area contributed by atoms with Crippen LogP contribution in [0, 0.1) is 11.3 Å². The summed E-state index contributed by atoms with van der Waals surface area (Å²) in [5.74, 6) is -0.157. The number of fused-ring (bicyclic) bond motifs is 1. The van der Waals surface area contributed by atoms with Crippen molar-refractivity contribution in [2.24, 2.45) is 0 Å². The van der Waals surface area contributed by atoms with E-state index in [9.17, 15) is 9.59 Å². The predicted molar refractivity (Wildman–Crippen MR) is 91.6 cm³/mol. The summed E-state index contributed by atoms with van der Waals surface area (Å²) in [7, 11) is 0. The van der Waals surface area contributed by atoms with E-state index in [1.54, 1.807) is 27.7 Å². The van der Waals surface area contributed by atoms with Gasteiger partial charge in [0.05, 0.1) is 18.8 Å². The third-order valence-electron chi connectivity index (χ3n) is 3.57. The van der Waals surface area contributed by atoms with Crippen molar-refractivity contribution in [1.29, 1.82) is 5.26 Å². The van der Waals surface area contributed by atoms with E-state index >= 15 is 0 Å². The molecule has 0 N–H and O–H groups in total. The number of aromatic nitrogens is 1. The number of esters is 1. The topological polar surface area (TPSA) is 102 Å². The van der Waals surface area contributed by atoms with Gasteiger partial charge in [0.25, 0.3) is 0 Å². The number of carbonyl (C=O) groups is 2. The average Bonchev–Trinajstić information content (AvgIpc) is 2.57. The molecule has 1 aliphatic heterocycles. The number of pyridine rings is 1. The van der Waals surface area contributed by atoms with E-state index in [2.05, 4.69) is 4.98 Å². The van der Waals surface area contributed by atoms with Crippen molar-refractivity contribution in [3.05, 3.63) is 23.0 Å². The molecule has 8 nitrogen and oxygen atoms in total. The van der Waals surface area contributed by atoms with Crippen molar-refractivity contribution in [2.75, 3.05) is 19.8 Å². The minimum absolute atomic E-state index is 0.0876. The Morgan fingerprint density at radius 3 is 2.73 bits per heavy atom. The Labute approximate surface area is 152 Å². The molecule has 26 heavy (non-hydrogen) atoms. The zero-order chi connectivity index (χ0) is 19.3. The Morgan fingerprint density at radius 1 is 1.38 bits per heavy atom. The van der Waals surface area contributed by atoms with Crippen LogP contribution >= 0.6 is 0 Å². The number of nitrogens with zero attached hydrogens (tertiary/aromatic N) is 3. The molecule has 140 valence electrons. The van der Waals surface area contributed by atoms with Gasteiger partial charge in [-0.05, 0) is 34.1 Å². The Morgan fingerprint density at radius 2 is 2.12 bits per heavy atom. The summed E-state index contributed by atoms with van der Waals surface area (Å²) in [6.45, 7) is 7.80. The van der Waals surface area contributed by atoms with Crippen molar-refractivity contribution in [3.8, 4) is 11.8 Å². The average molecular weight is 361 g/mol. The zero-order valence-electron chi connectivity index (χ0n) is 15.5. The van der Waals surface area contributed by atoms with Gasteiger partial charge < -0.3 is 19.1 Å². The molecule has 0 saturated carbocycles. The summed E-state index contributed by atoms with van der Waals surface area (Å²) in [5.41, 5.74) is 0.817. The second-order valence-electron chi connectivity index (χ2n) is 6.75. The lowest BCUT2D eigenvalue weighted by molar-refractivity contribution is 0.0220. The molecular formula is C18H23N3O5. The van der Waals surface area contributed by atoms with Crippen LogP contribution in [-0.4, -0.2) is 47.3 Å². The minimum atomic E-state index is -0.599. The van der Waals surface area contributed by atoms with Crippen LogP contribution < -0.4 is 4.74 Å². The standard InChI is InChI=1S/C18H23N3O5/c1-5-24-16(22)13-10-15(25-9-7-19)12-6-8-21(11-14(12)20-13)17(23)26-18(2,3)4/h10H,5-6,8-9,11H2,1-4H3. The molecule has 0 fully saturated rings. The van der Waals surface area contributed by atoms with Gasteiger partial charge in [-0.2, -0.15) is 5.26 Å². The molecule has 0 atom stereocenters. The number of hydrogen-bond donors (Lipinski definition) is 0. The van der Waals surface area contributed by atoms with Crippen molar-refractivity contribution in [3.63, 3.8) is 0 Å². The minimum Gasteiger partial charge on any atom is -0.478 e. The smallest absolute Gasteiger partial charge is 0.410 e. The summed E-state index contributed by atoms with van der Waals surface area (Å²) in [6, 6.07) is 3.39. The number of hydrogen-bond acceptors (Lipinski definition) is 7. The molecule has 1 aromatic heterocycles. The Kier molecular flexibility index (Phi) is 6.03. The zero-order valence-corrected chi connectivity index (χ0v) is 15.5. The molecule has 0 saturated heterocycles. The summed E-state index contributed by atoms with van der Waals surface area (Å²) < 4.78 is 15.8. The Bertz CT molecular complexity index is 734. The van der Waals surface area contributed by atoms with Crippen molar-refractivity contribution in [2.45, 2.75) is 46.3 Å². The fourth-order valence-electron chi connectivity index (χ4n) is 2.53. The molecule has 2 rings (SSSR count). The number of nitriles is 1. The molecule has 0 aliphatic carbocycles. The van der Waals surface area contributed by atoms with Gasteiger partial charge in [0.2, 0.25) is 0 Å². The van der Waals surface area contributed by atoms with Crippen LogP contribution in [0.15, 0.2) is 6.07 Å². The fraction of sp³-hybridized carbons (Fsp3) is 0.556. The van der Waals surface area contributed by atoms with Gasteiger partial charge in [-0.1, -0.05) is 0 Å². The van der Waals surface area contributed by atoms with Gasteiger partial charge in [0.1, 0.15) is 17.4 Å². The van der Waals surface area contributed by atoms with E-state index < -0.39 is 17.7 Å². The maximum atomic E-state index is 12.3. The van der Waals surface area contributed by atoms with Crippen LogP contribution in [0.2, 0.25) is 0 Å². The molecule has 1 amide bonds.